The van der Waals surface area contributed by atoms with Gasteiger partial charge in [0.1, 0.15) is 0 Å². The Bertz CT molecular complexity index is 369. The van der Waals surface area contributed by atoms with Gasteiger partial charge >= 0.3 is 6.18 Å². The van der Waals surface area contributed by atoms with E-state index in [1.807, 2.05) is 0 Å². The summed E-state index contributed by atoms with van der Waals surface area (Å²) in [6.45, 7) is 0. The van der Waals surface area contributed by atoms with Crippen LogP contribution in [0.5, 0.6) is 0 Å². The third-order valence-corrected chi connectivity index (χ3v) is 1.67. The second-order valence-corrected chi connectivity index (χ2v) is 2.58. The Morgan fingerprint density at radius 3 is 2.00 bits per heavy atom. The first-order valence-corrected chi connectivity index (χ1v) is 3.60. The summed E-state index contributed by atoms with van der Waals surface area (Å²) in [7, 11) is 0. The SMILES string of the molecule is O=Cc1ccc(C(F)(F)F)cc1C=O. The summed E-state index contributed by atoms with van der Waals surface area (Å²) in [6.07, 6.45) is -3.94. The maximum Gasteiger partial charge on any atom is 0.416 e. The van der Waals surface area contributed by atoms with Crippen molar-refractivity contribution in [3.63, 3.8) is 0 Å². The van der Waals surface area contributed by atoms with Crippen LogP contribution in [-0.2, 0) is 6.18 Å². The lowest BCUT2D eigenvalue weighted by Gasteiger charge is -2.07. The molecule has 0 radical (unpaired) electrons. The zero-order chi connectivity index (χ0) is 10.8. The van der Waals surface area contributed by atoms with Gasteiger partial charge in [-0.25, -0.2) is 0 Å². The number of hydrogen-bond donors (Lipinski definition) is 0. The second kappa shape index (κ2) is 3.61. The van der Waals surface area contributed by atoms with Crippen LogP contribution in [0.2, 0.25) is 0 Å². The first-order valence-electron chi connectivity index (χ1n) is 3.60. The van der Waals surface area contributed by atoms with Crippen LogP contribution in [0.1, 0.15) is 26.3 Å². The Hall–Kier alpha value is -1.65. The van der Waals surface area contributed by atoms with Gasteiger partial charge in [-0.05, 0) is 12.1 Å². The highest BCUT2D eigenvalue weighted by molar-refractivity contribution is 5.90. The van der Waals surface area contributed by atoms with Crippen molar-refractivity contribution in [1.82, 2.24) is 0 Å². The minimum absolute atomic E-state index is 0.0481. The third-order valence-electron chi connectivity index (χ3n) is 1.67. The van der Waals surface area contributed by atoms with Gasteiger partial charge < -0.3 is 0 Å². The summed E-state index contributed by atoms with van der Waals surface area (Å²) in [6, 6.07) is 2.38. The number of benzene rings is 1. The largest absolute Gasteiger partial charge is 0.416 e. The normalized spacial score (nSPS) is 11.1. The van der Waals surface area contributed by atoms with Crippen LogP contribution in [0.15, 0.2) is 18.2 Å². The fourth-order valence-corrected chi connectivity index (χ4v) is 0.960. The molecule has 2 nitrogen and oxygen atoms in total. The molecule has 0 atom stereocenters. The van der Waals surface area contributed by atoms with Crippen LogP contribution in [-0.4, -0.2) is 12.6 Å². The number of aldehydes is 2. The van der Waals surface area contributed by atoms with Crippen molar-refractivity contribution < 1.29 is 22.8 Å². The van der Waals surface area contributed by atoms with Crippen molar-refractivity contribution >= 4 is 12.6 Å². The molecule has 0 saturated heterocycles. The fourth-order valence-electron chi connectivity index (χ4n) is 0.960. The summed E-state index contributed by atoms with van der Waals surface area (Å²) in [4.78, 5) is 20.6. The molecule has 0 aliphatic carbocycles. The summed E-state index contributed by atoms with van der Waals surface area (Å²) < 4.78 is 36.4. The lowest BCUT2D eigenvalue weighted by atomic mass is 10.1. The van der Waals surface area contributed by atoms with E-state index in [9.17, 15) is 22.8 Å². The molecular weight excluding hydrogens is 197 g/mol. The molecule has 0 fully saturated rings. The van der Waals surface area contributed by atoms with Crippen LogP contribution < -0.4 is 0 Å². The predicted octanol–water partition coefficient (Wildman–Crippen LogP) is 2.33. The highest BCUT2D eigenvalue weighted by Gasteiger charge is 2.30. The van der Waals surface area contributed by atoms with Crippen LogP contribution >= 0.6 is 0 Å². The van der Waals surface area contributed by atoms with E-state index in [0.29, 0.717) is 12.4 Å². The van der Waals surface area contributed by atoms with E-state index >= 15 is 0 Å². The maximum absolute atomic E-state index is 12.1. The Labute approximate surface area is 77.3 Å². The van der Waals surface area contributed by atoms with Gasteiger partial charge in [-0.3, -0.25) is 9.59 Å². The second-order valence-electron chi connectivity index (χ2n) is 2.58. The van der Waals surface area contributed by atoms with Crippen molar-refractivity contribution in [1.29, 1.82) is 0 Å². The molecule has 5 heteroatoms. The monoisotopic (exact) mass is 202 g/mol. The molecular formula is C9H5F3O2. The van der Waals surface area contributed by atoms with Gasteiger partial charge in [0.2, 0.25) is 0 Å². The lowest BCUT2D eigenvalue weighted by Crippen LogP contribution is -2.06. The van der Waals surface area contributed by atoms with Crippen LogP contribution in [0.4, 0.5) is 13.2 Å². The minimum atomic E-state index is -4.50. The molecule has 14 heavy (non-hydrogen) atoms. The van der Waals surface area contributed by atoms with Crippen molar-refractivity contribution in [3.8, 4) is 0 Å². The van der Waals surface area contributed by atoms with E-state index in [1.165, 1.54) is 0 Å². The maximum atomic E-state index is 12.1. The highest BCUT2D eigenvalue weighted by atomic mass is 19.4. The van der Waals surface area contributed by atoms with Gasteiger partial charge in [-0.15, -0.1) is 0 Å². The fraction of sp³-hybridized carbons (Fsp3) is 0.111. The molecule has 0 aromatic heterocycles. The Balaban J connectivity index is 3.27. The zero-order valence-electron chi connectivity index (χ0n) is 6.84. The first kappa shape index (κ1) is 10.4. The molecule has 1 aromatic rings. The van der Waals surface area contributed by atoms with Crippen molar-refractivity contribution in [2.45, 2.75) is 6.18 Å². The smallest absolute Gasteiger partial charge is 0.298 e. The van der Waals surface area contributed by atoms with Crippen LogP contribution in [0, 0.1) is 0 Å². The van der Waals surface area contributed by atoms with E-state index in [-0.39, 0.29) is 17.4 Å². The van der Waals surface area contributed by atoms with Crippen LogP contribution in [0.25, 0.3) is 0 Å². The summed E-state index contributed by atoms with van der Waals surface area (Å²) in [5.74, 6) is 0. The lowest BCUT2D eigenvalue weighted by molar-refractivity contribution is -0.137. The number of carbonyl (C=O) groups is 2. The van der Waals surface area contributed by atoms with Gasteiger partial charge in [-0.2, -0.15) is 13.2 Å². The number of carbonyl (C=O) groups excluding carboxylic acids is 2. The van der Waals surface area contributed by atoms with E-state index in [4.69, 9.17) is 0 Å². The summed E-state index contributed by atoms with van der Waals surface area (Å²) in [5.41, 5.74) is -1.24. The molecule has 0 N–H and O–H groups in total. The molecule has 74 valence electrons. The average molecular weight is 202 g/mol. The van der Waals surface area contributed by atoms with Gasteiger partial charge in [-0.1, -0.05) is 6.07 Å². The molecule has 0 amide bonds. The van der Waals surface area contributed by atoms with E-state index < -0.39 is 11.7 Å². The molecule has 0 saturated carbocycles. The number of hydrogen-bond acceptors (Lipinski definition) is 2. The minimum Gasteiger partial charge on any atom is -0.298 e. The van der Waals surface area contributed by atoms with E-state index in [1.54, 1.807) is 0 Å². The summed E-state index contributed by atoms with van der Waals surface area (Å²) >= 11 is 0. The highest BCUT2D eigenvalue weighted by Crippen LogP contribution is 2.29. The van der Waals surface area contributed by atoms with Gasteiger partial charge in [0.05, 0.1) is 5.56 Å². The Morgan fingerprint density at radius 2 is 1.57 bits per heavy atom. The molecule has 1 aromatic carbocycles. The molecule has 0 unspecified atom stereocenters. The predicted molar refractivity (Wildman–Crippen MR) is 42.2 cm³/mol. The number of halogens is 3. The summed E-state index contributed by atoms with van der Waals surface area (Å²) in [5, 5.41) is 0. The topological polar surface area (TPSA) is 34.1 Å². The standard InChI is InChI=1S/C9H5F3O2/c10-9(11,12)8-2-1-6(4-13)7(3-8)5-14/h1-5H. The molecule has 0 spiro atoms. The van der Waals surface area contributed by atoms with Crippen molar-refractivity contribution in [2.75, 3.05) is 0 Å². The number of alkyl halides is 3. The van der Waals surface area contributed by atoms with Crippen LogP contribution in [0.3, 0.4) is 0 Å². The molecule has 0 aliphatic rings. The quantitative estimate of drug-likeness (QED) is 0.689. The van der Waals surface area contributed by atoms with E-state index in [2.05, 4.69) is 0 Å². The molecule has 1 rings (SSSR count). The molecule has 0 bridgehead atoms. The Morgan fingerprint density at radius 1 is 1.00 bits per heavy atom. The molecule has 0 aliphatic heterocycles. The average Bonchev–Trinajstić information content (AvgIpc) is 2.15. The third kappa shape index (κ3) is 1.99. The van der Waals surface area contributed by atoms with Crippen molar-refractivity contribution in [3.05, 3.63) is 34.9 Å². The zero-order valence-corrected chi connectivity index (χ0v) is 6.84. The van der Waals surface area contributed by atoms with Gasteiger partial charge in [0.25, 0.3) is 0 Å². The van der Waals surface area contributed by atoms with Gasteiger partial charge in [0, 0.05) is 11.1 Å². The first-order chi connectivity index (χ1) is 6.49. The Kier molecular flexibility index (Phi) is 2.69. The van der Waals surface area contributed by atoms with Crippen molar-refractivity contribution in [2.24, 2.45) is 0 Å². The number of rotatable bonds is 2. The van der Waals surface area contributed by atoms with Gasteiger partial charge in [0.15, 0.2) is 12.6 Å². The van der Waals surface area contributed by atoms with E-state index in [0.717, 1.165) is 12.1 Å². The molecule has 0 heterocycles.